The van der Waals surface area contributed by atoms with Gasteiger partial charge in [0.2, 0.25) is 0 Å². The van der Waals surface area contributed by atoms with Crippen LogP contribution in [-0.2, 0) is 19.1 Å². The van der Waals surface area contributed by atoms with Gasteiger partial charge in [0.05, 0.1) is 31.8 Å². The van der Waals surface area contributed by atoms with Gasteiger partial charge < -0.3 is 24.8 Å². The van der Waals surface area contributed by atoms with Crippen LogP contribution >= 0.6 is 0 Å². The summed E-state index contributed by atoms with van der Waals surface area (Å²) in [4.78, 5) is 22.5. The van der Waals surface area contributed by atoms with Crippen molar-refractivity contribution in [3.8, 4) is 0 Å². The average Bonchev–Trinajstić information content (AvgIpc) is 2.40. The summed E-state index contributed by atoms with van der Waals surface area (Å²) in [5.74, 6) is -1.92. The molecule has 0 spiro atoms. The van der Waals surface area contributed by atoms with E-state index >= 15 is 0 Å². The number of hydrogen-bond acceptors (Lipinski definition) is 7. The van der Waals surface area contributed by atoms with E-state index in [4.69, 9.17) is 20.1 Å². The first-order valence-electron chi connectivity index (χ1n) is 5.32. The molecule has 0 radical (unpaired) electrons. The quantitative estimate of drug-likeness (QED) is 0.214. The highest BCUT2D eigenvalue weighted by atomic mass is 16.6. The zero-order chi connectivity index (χ0) is 14.2. The first-order valence-corrected chi connectivity index (χ1v) is 5.32. The molecule has 0 aromatic rings. The minimum Gasteiger partial charge on any atom is -0.462 e. The Kier molecular flexibility index (Phi) is 7.18. The van der Waals surface area contributed by atoms with Crippen LogP contribution < -0.4 is 0 Å². The second-order valence-corrected chi connectivity index (χ2v) is 3.75. The fourth-order valence-corrected chi connectivity index (χ4v) is 0.894. The fourth-order valence-electron chi connectivity index (χ4n) is 0.894. The van der Waals surface area contributed by atoms with Gasteiger partial charge in [0.25, 0.3) is 0 Å². The lowest BCUT2D eigenvalue weighted by molar-refractivity contribution is -0.151. The molecule has 0 bridgehead atoms. The van der Waals surface area contributed by atoms with E-state index in [1.165, 1.54) is 0 Å². The van der Waals surface area contributed by atoms with Gasteiger partial charge in [-0.25, -0.2) is 9.59 Å². The van der Waals surface area contributed by atoms with E-state index in [2.05, 4.69) is 11.3 Å². The lowest BCUT2D eigenvalue weighted by Crippen LogP contribution is -2.39. The van der Waals surface area contributed by atoms with E-state index in [1.807, 2.05) is 0 Å². The van der Waals surface area contributed by atoms with E-state index in [1.54, 1.807) is 6.92 Å². The van der Waals surface area contributed by atoms with Crippen molar-refractivity contribution in [3.63, 3.8) is 0 Å². The van der Waals surface area contributed by atoms with Crippen molar-refractivity contribution in [3.05, 3.63) is 12.2 Å². The van der Waals surface area contributed by atoms with Crippen LogP contribution in [0.3, 0.4) is 0 Å². The van der Waals surface area contributed by atoms with Crippen molar-refractivity contribution in [2.45, 2.75) is 6.92 Å². The third-order valence-corrected chi connectivity index (χ3v) is 2.28. The van der Waals surface area contributed by atoms with E-state index in [9.17, 15) is 9.59 Å². The average molecular weight is 262 g/mol. The molecular formula is C11H18O7. The van der Waals surface area contributed by atoms with Gasteiger partial charge >= 0.3 is 11.9 Å². The molecule has 7 nitrogen and oxygen atoms in total. The third kappa shape index (κ3) is 4.44. The molecule has 0 aromatic carbocycles. The summed E-state index contributed by atoms with van der Waals surface area (Å²) in [6, 6.07) is 0. The highest BCUT2D eigenvalue weighted by molar-refractivity contribution is 6.13. The van der Waals surface area contributed by atoms with Crippen molar-refractivity contribution in [2.75, 3.05) is 33.0 Å². The molecule has 18 heavy (non-hydrogen) atoms. The molecule has 0 aliphatic carbocycles. The van der Waals surface area contributed by atoms with Crippen LogP contribution in [0, 0.1) is 5.41 Å². The van der Waals surface area contributed by atoms with Crippen LogP contribution in [0.1, 0.15) is 6.92 Å². The SMILES string of the molecule is C=C(C(=O)OCC)C(=O)OCC(CO)(CO)CO. The number of esters is 2. The normalized spacial score (nSPS) is 10.9. The Morgan fingerprint density at radius 2 is 1.50 bits per heavy atom. The minimum absolute atomic E-state index is 0.0962. The number of aliphatic hydroxyl groups is 3. The van der Waals surface area contributed by atoms with Crippen molar-refractivity contribution >= 4 is 11.9 Å². The summed E-state index contributed by atoms with van der Waals surface area (Å²) in [5.41, 5.74) is -1.83. The van der Waals surface area contributed by atoms with Gasteiger partial charge in [-0.1, -0.05) is 6.58 Å². The van der Waals surface area contributed by atoms with E-state index in [-0.39, 0.29) is 6.61 Å². The van der Waals surface area contributed by atoms with Gasteiger partial charge in [0, 0.05) is 0 Å². The maximum absolute atomic E-state index is 11.4. The van der Waals surface area contributed by atoms with Gasteiger partial charge in [-0.15, -0.1) is 0 Å². The van der Waals surface area contributed by atoms with E-state index < -0.39 is 49.4 Å². The third-order valence-electron chi connectivity index (χ3n) is 2.28. The molecular weight excluding hydrogens is 244 g/mol. The van der Waals surface area contributed by atoms with Crippen molar-refractivity contribution in [1.82, 2.24) is 0 Å². The smallest absolute Gasteiger partial charge is 0.344 e. The van der Waals surface area contributed by atoms with Crippen LogP contribution in [0.2, 0.25) is 0 Å². The fraction of sp³-hybridized carbons (Fsp3) is 0.636. The van der Waals surface area contributed by atoms with Crippen LogP contribution in [0.5, 0.6) is 0 Å². The van der Waals surface area contributed by atoms with Crippen molar-refractivity contribution < 1.29 is 34.4 Å². The Labute approximate surface area is 105 Å². The zero-order valence-electron chi connectivity index (χ0n) is 10.2. The lowest BCUT2D eigenvalue weighted by atomic mass is 9.93. The number of rotatable bonds is 8. The molecule has 0 aromatic heterocycles. The summed E-state index contributed by atoms with van der Waals surface area (Å²) in [5, 5.41) is 27.0. The van der Waals surface area contributed by atoms with Crippen molar-refractivity contribution in [1.29, 1.82) is 0 Å². The highest BCUT2D eigenvalue weighted by Gasteiger charge is 2.31. The highest BCUT2D eigenvalue weighted by Crippen LogP contribution is 2.15. The Morgan fingerprint density at radius 1 is 1.06 bits per heavy atom. The number of carbonyl (C=O) groups is 2. The van der Waals surface area contributed by atoms with Gasteiger partial charge in [-0.3, -0.25) is 0 Å². The molecule has 0 saturated heterocycles. The van der Waals surface area contributed by atoms with Crippen molar-refractivity contribution in [2.24, 2.45) is 5.41 Å². The predicted molar refractivity (Wildman–Crippen MR) is 60.4 cm³/mol. The van der Waals surface area contributed by atoms with Gasteiger partial charge in [0.15, 0.2) is 0 Å². The molecule has 0 rings (SSSR count). The first-order chi connectivity index (χ1) is 8.46. The standard InChI is InChI=1S/C11H18O7/c1-3-17-9(15)8(2)10(16)18-7-11(4-12,5-13)6-14/h12-14H,2-7H2,1H3. The monoisotopic (exact) mass is 262 g/mol. The molecule has 0 atom stereocenters. The minimum atomic E-state index is -1.34. The van der Waals surface area contributed by atoms with E-state index in [0.717, 1.165) is 0 Å². The second-order valence-electron chi connectivity index (χ2n) is 3.75. The Morgan fingerprint density at radius 3 is 1.89 bits per heavy atom. The molecule has 0 fully saturated rings. The molecule has 0 aliphatic rings. The van der Waals surface area contributed by atoms with Crippen LogP contribution in [0.4, 0.5) is 0 Å². The molecule has 0 saturated carbocycles. The maximum atomic E-state index is 11.4. The van der Waals surface area contributed by atoms with Gasteiger partial charge in [-0.2, -0.15) is 0 Å². The zero-order valence-corrected chi connectivity index (χ0v) is 10.2. The number of hydrogen-bond donors (Lipinski definition) is 3. The Bertz CT molecular complexity index is 298. The molecule has 0 aliphatic heterocycles. The predicted octanol–water partition coefficient (Wildman–Crippen LogP) is -1.39. The molecule has 0 amide bonds. The van der Waals surface area contributed by atoms with Crippen LogP contribution in [0.25, 0.3) is 0 Å². The summed E-state index contributed by atoms with van der Waals surface area (Å²) in [7, 11) is 0. The number of ether oxygens (including phenoxy) is 2. The summed E-state index contributed by atoms with van der Waals surface area (Å²) >= 11 is 0. The summed E-state index contributed by atoms with van der Waals surface area (Å²) in [6.45, 7) is 2.74. The summed E-state index contributed by atoms with van der Waals surface area (Å²) < 4.78 is 9.24. The van der Waals surface area contributed by atoms with E-state index in [0.29, 0.717) is 0 Å². The Hall–Kier alpha value is -1.44. The molecule has 7 heteroatoms. The summed E-state index contributed by atoms with van der Waals surface area (Å²) in [6.07, 6.45) is 0. The maximum Gasteiger partial charge on any atom is 0.344 e. The van der Waals surface area contributed by atoms with Crippen LogP contribution in [0.15, 0.2) is 12.2 Å². The molecule has 0 heterocycles. The molecule has 0 unspecified atom stereocenters. The van der Waals surface area contributed by atoms with Crippen LogP contribution in [-0.4, -0.2) is 60.3 Å². The number of aliphatic hydroxyl groups excluding tert-OH is 3. The second kappa shape index (κ2) is 7.80. The largest absolute Gasteiger partial charge is 0.462 e. The number of carbonyl (C=O) groups excluding carboxylic acids is 2. The van der Waals surface area contributed by atoms with Gasteiger partial charge in [0.1, 0.15) is 12.2 Å². The topological polar surface area (TPSA) is 113 Å². The molecule has 104 valence electrons. The lowest BCUT2D eigenvalue weighted by Gasteiger charge is -2.26. The first kappa shape index (κ1) is 16.6. The Balaban J connectivity index is 4.41. The molecule has 3 N–H and O–H groups in total. The van der Waals surface area contributed by atoms with Gasteiger partial charge in [-0.05, 0) is 6.92 Å².